The molecule has 0 aromatic heterocycles. The minimum Gasteiger partial charge on any atom is -0.184 e. The van der Waals surface area contributed by atoms with Gasteiger partial charge in [-0.2, -0.15) is 41.6 Å². The van der Waals surface area contributed by atoms with Gasteiger partial charge in [-0.25, -0.2) is 0 Å². The van der Waals surface area contributed by atoms with Crippen LogP contribution in [-0.4, -0.2) is 9.52 Å². The first-order valence-corrected chi connectivity index (χ1v) is 28.4. The molecular weight excluding hydrogens is 863 g/mol. The van der Waals surface area contributed by atoms with Crippen LogP contribution in [0, 0.1) is 19.9 Å². The Hall–Kier alpha value is -3.78. The van der Waals surface area contributed by atoms with Gasteiger partial charge in [0.1, 0.15) is 0 Å². The molecular formula is C56H57Cl2SiZr-3. The SMILES string of the molecule is CCc1ccc2[cH-]c(C(C)(C)C)cc2c1-c1ccccc1C.CCc1ccc2[cH-]c(C(C)(C)C)cc2c1-c1ccccc1C.[Cl][Zr][Cl].[c-]1cccc2c1[Si]c1ccccc1-2. The van der Waals surface area contributed by atoms with Crippen LogP contribution in [0.4, 0.5) is 0 Å². The molecule has 0 fully saturated rings. The van der Waals surface area contributed by atoms with Gasteiger partial charge in [0.2, 0.25) is 0 Å². The Bertz CT molecular complexity index is 2510. The number of fused-ring (bicyclic) bond motifs is 5. The molecule has 0 atom stereocenters. The first-order chi connectivity index (χ1) is 28.7. The van der Waals surface area contributed by atoms with E-state index in [9.17, 15) is 0 Å². The quantitative estimate of drug-likeness (QED) is 0.122. The smallest absolute Gasteiger partial charge is 0.0920 e. The summed E-state index contributed by atoms with van der Waals surface area (Å²) in [7, 11) is 10.7. The van der Waals surface area contributed by atoms with Gasteiger partial charge in [0, 0.05) is 0 Å². The molecule has 0 spiro atoms. The second kappa shape index (κ2) is 19.9. The molecule has 9 rings (SSSR count). The van der Waals surface area contributed by atoms with Crippen LogP contribution in [0.5, 0.6) is 0 Å². The van der Waals surface area contributed by atoms with Gasteiger partial charge in [-0.05, 0) is 59.8 Å². The Kier molecular flexibility index (Phi) is 15.2. The fraction of sp³-hybridized carbons (Fsp3) is 0.250. The molecule has 0 aliphatic carbocycles. The minimum atomic E-state index is -0.826. The van der Waals surface area contributed by atoms with Crippen LogP contribution in [0.1, 0.15) is 88.8 Å². The first kappa shape index (κ1) is 45.7. The van der Waals surface area contributed by atoms with Crippen molar-refractivity contribution in [3.63, 3.8) is 0 Å². The van der Waals surface area contributed by atoms with Crippen LogP contribution in [-0.2, 0) is 44.5 Å². The van der Waals surface area contributed by atoms with Crippen molar-refractivity contribution in [2.24, 2.45) is 0 Å². The van der Waals surface area contributed by atoms with Gasteiger partial charge in [0.05, 0.1) is 9.52 Å². The van der Waals surface area contributed by atoms with Crippen molar-refractivity contribution >= 4 is 58.5 Å². The Balaban J connectivity index is 0.000000150. The van der Waals surface area contributed by atoms with Gasteiger partial charge in [0.25, 0.3) is 0 Å². The Labute approximate surface area is 381 Å². The van der Waals surface area contributed by atoms with E-state index in [1.165, 1.54) is 98.7 Å². The fourth-order valence-electron chi connectivity index (χ4n) is 8.18. The third-order valence-corrected chi connectivity index (χ3v) is 13.0. The molecule has 8 aromatic carbocycles. The van der Waals surface area contributed by atoms with E-state index >= 15 is 0 Å². The number of hydrogen-bond donors (Lipinski definition) is 0. The van der Waals surface area contributed by atoms with E-state index in [4.69, 9.17) is 17.0 Å². The Morgan fingerprint density at radius 1 is 0.550 bits per heavy atom. The average Bonchev–Trinajstić information content (AvgIpc) is 3.97. The summed E-state index contributed by atoms with van der Waals surface area (Å²) >= 11 is -0.826. The number of halogens is 2. The zero-order valence-electron chi connectivity index (χ0n) is 36.9. The fourth-order valence-corrected chi connectivity index (χ4v) is 9.49. The zero-order chi connectivity index (χ0) is 43.2. The van der Waals surface area contributed by atoms with Crippen molar-refractivity contribution in [1.29, 1.82) is 0 Å². The summed E-state index contributed by atoms with van der Waals surface area (Å²) < 4.78 is 0. The van der Waals surface area contributed by atoms with E-state index in [1.807, 2.05) is 6.07 Å². The molecule has 2 radical (unpaired) electrons. The van der Waals surface area contributed by atoms with E-state index < -0.39 is 20.8 Å². The average molecular weight is 920 g/mol. The van der Waals surface area contributed by atoms with E-state index in [0.717, 1.165) is 22.4 Å². The molecule has 1 heterocycles. The largest absolute Gasteiger partial charge is 0.184 e. The van der Waals surface area contributed by atoms with Crippen molar-refractivity contribution in [3.05, 3.63) is 179 Å². The van der Waals surface area contributed by atoms with E-state index in [0.29, 0.717) is 0 Å². The summed E-state index contributed by atoms with van der Waals surface area (Å²) in [5.41, 5.74) is 17.2. The molecule has 0 nitrogen and oxygen atoms in total. The molecule has 0 saturated carbocycles. The summed E-state index contributed by atoms with van der Waals surface area (Å²) in [5.74, 6) is 0. The number of benzene rings is 6. The number of rotatable bonds is 4. The maximum Gasteiger partial charge on any atom is 0.0920 e. The summed E-state index contributed by atoms with van der Waals surface area (Å²) in [6, 6.07) is 54.3. The standard InChI is InChI=1S/2C22H25.C12H7Si.2ClH.Zr/c2*1-6-16-11-12-17-13-18(22(3,4)5)14-20(17)21(16)19-10-8-7-9-15(19)2;1-3-7-11-9(5-1)10-6-2-4-8-12(10)13-11;;;/h2*7-14H,6H2,1-5H3;1-7H;2*1H;/q3*-1;;;+2/p-2. The van der Waals surface area contributed by atoms with Crippen LogP contribution in [0.15, 0.2) is 140 Å². The van der Waals surface area contributed by atoms with Crippen molar-refractivity contribution in [1.82, 2.24) is 0 Å². The number of aryl methyl sites for hydroxylation is 4. The van der Waals surface area contributed by atoms with E-state index in [-0.39, 0.29) is 10.8 Å². The van der Waals surface area contributed by atoms with Crippen molar-refractivity contribution in [3.8, 4) is 33.4 Å². The van der Waals surface area contributed by atoms with Gasteiger partial charge < -0.3 is 0 Å². The molecule has 306 valence electrons. The van der Waals surface area contributed by atoms with Gasteiger partial charge in [-0.1, -0.05) is 161 Å². The minimum absolute atomic E-state index is 0.189. The third kappa shape index (κ3) is 10.3. The summed E-state index contributed by atoms with van der Waals surface area (Å²) in [5, 5.41) is 8.35. The van der Waals surface area contributed by atoms with Crippen LogP contribution in [0.2, 0.25) is 0 Å². The van der Waals surface area contributed by atoms with Crippen LogP contribution < -0.4 is 10.4 Å². The molecule has 0 amide bonds. The predicted molar refractivity (Wildman–Crippen MR) is 263 cm³/mol. The predicted octanol–water partition coefficient (Wildman–Crippen LogP) is 15.3. The molecule has 4 heteroatoms. The molecule has 0 N–H and O–H groups in total. The molecule has 1 aliphatic rings. The van der Waals surface area contributed by atoms with Gasteiger partial charge in [-0.15, -0.1) is 74.6 Å². The van der Waals surface area contributed by atoms with Crippen LogP contribution >= 0.6 is 17.0 Å². The second-order valence-corrected chi connectivity index (χ2v) is 22.8. The van der Waals surface area contributed by atoms with E-state index in [1.54, 1.807) is 0 Å². The normalized spacial score (nSPS) is 11.7. The molecule has 0 unspecified atom stereocenters. The first-order valence-electron chi connectivity index (χ1n) is 21.1. The van der Waals surface area contributed by atoms with Crippen molar-refractivity contribution < 1.29 is 20.8 Å². The maximum absolute atomic E-state index is 4.93. The molecule has 0 saturated heterocycles. The Morgan fingerprint density at radius 2 is 0.967 bits per heavy atom. The van der Waals surface area contributed by atoms with Gasteiger partial charge >= 0.3 is 37.9 Å². The zero-order valence-corrected chi connectivity index (χ0v) is 41.9. The maximum atomic E-state index is 4.93. The van der Waals surface area contributed by atoms with Gasteiger partial charge in [0.15, 0.2) is 0 Å². The second-order valence-electron chi connectivity index (χ2n) is 17.7. The topological polar surface area (TPSA) is 0 Å². The third-order valence-electron chi connectivity index (χ3n) is 11.6. The summed E-state index contributed by atoms with van der Waals surface area (Å²) in [4.78, 5) is 0. The monoisotopic (exact) mass is 917 g/mol. The number of hydrogen-bond acceptors (Lipinski definition) is 0. The molecule has 1 aliphatic heterocycles. The molecule has 60 heavy (non-hydrogen) atoms. The molecule has 0 bridgehead atoms. The van der Waals surface area contributed by atoms with Gasteiger partial charge in [-0.3, -0.25) is 0 Å². The summed E-state index contributed by atoms with van der Waals surface area (Å²) in [6.45, 7) is 22.6. The van der Waals surface area contributed by atoms with Crippen molar-refractivity contribution in [2.75, 3.05) is 0 Å². The van der Waals surface area contributed by atoms with Crippen LogP contribution in [0.3, 0.4) is 0 Å². The van der Waals surface area contributed by atoms with Crippen LogP contribution in [0.25, 0.3) is 54.9 Å². The Morgan fingerprint density at radius 3 is 1.40 bits per heavy atom. The summed E-state index contributed by atoms with van der Waals surface area (Å²) in [6.07, 6.45) is 2.13. The van der Waals surface area contributed by atoms with E-state index in [2.05, 4.69) is 209 Å². The molecule has 8 aromatic rings. The van der Waals surface area contributed by atoms with Crippen molar-refractivity contribution in [2.45, 2.75) is 92.9 Å².